The highest BCUT2D eigenvalue weighted by molar-refractivity contribution is 6.33. The van der Waals surface area contributed by atoms with Crippen molar-refractivity contribution < 1.29 is 19.1 Å². The van der Waals surface area contributed by atoms with E-state index in [1.165, 1.54) is 21.1 Å². The van der Waals surface area contributed by atoms with E-state index in [-0.39, 0.29) is 16.5 Å². The van der Waals surface area contributed by atoms with Crippen LogP contribution in [0, 0.1) is 6.92 Å². The summed E-state index contributed by atoms with van der Waals surface area (Å²) in [6.45, 7) is 3.02. The lowest BCUT2D eigenvalue weighted by Crippen LogP contribution is -2.32. The predicted molar refractivity (Wildman–Crippen MR) is 108 cm³/mol. The maximum Gasteiger partial charge on any atom is 0.259 e. The van der Waals surface area contributed by atoms with E-state index >= 15 is 0 Å². The van der Waals surface area contributed by atoms with Crippen LogP contribution in [-0.4, -0.2) is 32.0 Å². The molecule has 0 spiro atoms. The summed E-state index contributed by atoms with van der Waals surface area (Å²) < 4.78 is 10.5. The Bertz CT molecular complexity index is 932. The number of amides is 1. The summed E-state index contributed by atoms with van der Waals surface area (Å²) in [6.07, 6.45) is 0. The molecule has 0 radical (unpaired) electrons. The summed E-state index contributed by atoms with van der Waals surface area (Å²) in [5.41, 5.74) is 1.35. The van der Waals surface area contributed by atoms with Crippen LogP contribution in [0.1, 0.15) is 12.5 Å². The third-order valence-corrected chi connectivity index (χ3v) is 4.60. The second-order valence-electron chi connectivity index (χ2n) is 5.76. The first-order valence-electron chi connectivity index (χ1n) is 8.17. The normalized spacial score (nSPS) is 11.9. The average molecular weight is 424 g/mol. The quantitative estimate of drug-likeness (QED) is 0.501. The van der Waals surface area contributed by atoms with Gasteiger partial charge in [-0.2, -0.15) is 10.2 Å². The maximum absolute atomic E-state index is 12.7. The van der Waals surface area contributed by atoms with Crippen LogP contribution >= 0.6 is 23.2 Å². The van der Waals surface area contributed by atoms with Crippen LogP contribution in [0.15, 0.2) is 40.6 Å². The second-order valence-corrected chi connectivity index (χ2v) is 6.57. The number of Topliss-reactive ketones (excluding diaryl/α,β-unsaturated/α-hetero) is 1. The van der Waals surface area contributed by atoms with Gasteiger partial charge in [0.2, 0.25) is 6.04 Å². The molecule has 9 heteroatoms. The number of nitrogens with zero attached hydrogens (tertiary/aromatic N) is 2. The summed E-state index contributed by atoms with van der Waals surface area (Å²) in [7, 11) is 2.84. The Morgan fingerprint density at radius 3 is 2.39 bits per heavy atom. The number of ether oxygens (including phenoxy) is 2. The van der Waals surface area contributed by atoms with Gasteiger partial charge in [-0.3, -0.25) is 9.59 Å². The number of ketones is 1. The number of carbonyl (C=O) groups excluding carboxylic acids is 2. The SMILES string of the molecule is COc1ccc(Cl)c(OC)c1NC(=O)C(N=Nc1cccc(Cl)c1C)C(C)=O. The topological polar surface area (TPSA) is 89.3 Å². The van der Waals surface area contributed by atoms with E-state index in [0.29, 0.717) is 22.0 Å². The lowest BCUT2D eigenvalue weighted by atomic mass is 10.2. The zero-order valence-electron chi connectivity index (χ0n) is 15.7. The number of rotatable bonds is 7. The summed E-state index contributed by atoms with van der Waals surface area (Å²) in [6, 6.07) is 6.87. The first-order chi connectivity index (χ1) is 13.3. The van der Waals surface area contributed by atoms with Gasteiger partial charge in [0.05, 0.1) is 24.9 Å². The van der Waals surface area contributed by atoms with Crippen molar-refractivity contribution in [3.8, 4) is 11.5 Å². The van der Waals surface area contributed by atoms with Gasteiger partial charge in [-0.05, 0) is 43.7 Å². The summed E-state index contributed by atoms with van der Waals surface area (Å²) in [5.74, 6) is -0.658. The molecule has 7 nitrogen and oxygen atoms in total. The van der Waals surface area contributed by atoms with Crippen molar-refractivity contribution in [3.05, 3.63) is 45.9 Å². The van der Waals surface area contributed by atoms with E-state index < -0.39 is 17.7 Å². The minimum atomic E-state index is -1.37. The fraction of sp³-hybridized carbons (Fsp3) is 0.263. The smallest absolute Gasteiger partial charge is 0.259 e. The number of hydrogen-bond donors (Lipinski definition) is 1. The monoisotopic (exact) mass is 423 g/mol. The van der Waals surface area contributed by atoms with Gasteiger partial charge in [0, 0.05) is 5.02 Å². The van der Waals surface area contributed by atoms with Crippen molar-refractivity contribution in [1.29, 1.82) is 0 Å². The van der Waals surface area contributed by atoms with Crippen LogP contribution in [0.3, 0.4) is 0 Å². The van der Waals surface area contributed by atoms with Crippen molar-refractivity contribution in [2.75, 3.05) is 19.5 Å². The highest BCUT2D eigenvalue weighted by Crippen LogP contribution is 2.40. The van der Waals surface area contributed by atoms with E-state index in [1.54, 1.807) is 37.3 Å². The third kappa shape index (κ3) is 4.79. The zero-order chi connectivity index (χ0) is 20.8. The van der Waals surface area contributed by atoms with Crippen molar-refractivity contribution >= 4 is 46.3 Å². The lowest BCUT2D eigenvalue weighted by molar-refractivity contribution is -0.126. The number of nitrogens with one attached hydrogen (secondary N) is 1. The van der Waals surface area contributed by atoms with Gasteiger partial charge in [-0.15, -0.1) is 0 Å². The van der Waals surface area contributed by atoms with Gasteiger partial charge in [0.15, 0.2) is 11.5 Å². The molecular weight excluding hydrogens is 405 g/mol. The van der Waals surface area contributed by atoms with E-state index in [9.17, 15) is 9.59 Å². The maximum atomic E-state index is 12.7. The van der Waals surface area contributed by atoms with Gasteiger partial charge >= 0.3 is 0 Å². The van der Waals surface area contributed by atoms with Crippen molar-refractivity contribution in [2.24, 2.45) is 10.2 Å². The lowest BCUT2D eigenvalue weighted by Gasteiger charge is -2.16. The number of hydrogen-bond acceptors (Lipinski definition) is 6. The molecule has 0 fully saturated rings. The molecule has 0 aromatic heterocycles. The van der Waals surface area contributed by atoms with Crippen LogP contribution in [-0.2, 0) is 9.59 Å². The van der Waals surface area contributed by atoms with Crippen LogP contribution in [0.4, 0.5) is 11.4 Å². The van der Waals surface area contributed by atoms with Gasteiger partial charge in [0.25, 0.3) is 5.91 Å². The fourth-order valence-electron chi connectivity index (χ4n) is 2.36. The highest BCUT2D eigenvalue weighted by atomic mass is 35.5. The number of halogens is 2. The largest absolute Gasteiger partial charge is 0.494 e. The number of azo groups is 1. The molecule has 1 unspecified atom stereocenters. The van der Waals surface area contributed by atoms with E-state index in [2.05, 4.69) is 15.5 Å². The Labute approximate surface area is 172 Å². The Kier molecular flexibility index (Phi) is 7.37. The standard InChI is InChI=1S/C19H19Cl2N3O4/c1-10-12(20)6-5-7-14(10)23-24-16(11(2)25)19(26)22-17-15(27-3)9-8-13(21)18(17)28-4/h5-9,16H,1-4H3,(H,22,26). The van der Waals surface area contributed by atoms with Crippen LogP contribution in [0.2, 0.25) is 10.0 Å². The van der Waals surface area contributed by atoms with Gasteiger partial charge < -0.3 is 14.8 Å². The van der Waals surface area contributed by atoms with Crippen molar-refractivity contribution in [1.82, 2.24) is 0 Å². The Morgan fingerprint density at radius 2 is 1.79 bits per heavy atom. The molecule has 0 saturated heterocycles. The van der Waals surface area contributed by atoms with Crippen LogP contribution in [0.5, 0.6) is 11.5 Å². The number of carbonyl (C=O) groups is 2. The fourth-order valence-corrected chi connectivity index (χ4v) is 2.77. The molecule has 0 saturated carbocycles. The molecule has 0 bridgehead atoms. The summed E-state index contributed by atoms with van der Waals surface area (Å²) in [4.78, 5) is 24.7. The first-order valence-corrected chi connectivity index (χ1v) is 8.93. The molecule has 0 aliphatic rings. The molecule has 0 aliphatic carbocycles. The highest BCUT2D eigenvalue weighted by Gasteiger charge is 2.26. The molecule has 1 amide bonds. The molecule has 0 heterocycles. The van der Waals surface area contributed by atoms with Gasteiger partial charge in [0.1, 0.15) is 11.4 Å². The summed E-state index contributed by atoms with van der Waals surface area (Å²) in [5, 5.41) is 11.3. The zero-order valence-corrected chi connectivity index (χ0v) is 17.3. The van der Waals surface area contributed by atoms with Gasteiger partial charge in [-0.25, -0.2) is 0 Å². The molecule has 148 valence electrons. The molecular formula is C19H19Cl2N3O4. The number of methoxy groups -OCH3 is 2. The van der Waals surface area contributed by atoms with E-state index in [1.807, 2.05) is 0 Å². The summed E-state index contributed by atoms with van der Waals surface area (Å²) >= 11 is 12.2. The van der Waals surface area contributed by atoms with Crippen molar-refractivity contribution in [2.45, 2.75) is 19.9 Å². The Hall–Kier alpha value is -2.64. The number of anilines is 1. The second kappa shape index (κ2) is 9.52. The molecule has 1 N–H and O–H groups in total. The molecule has 0 aliphatic heterocycles. The average Bonchev–Trinajstić information content (AvgIpc) is 2.65. The molecule has 2 rings (SSSR count). The van der Waals surface area contributed by atoms with Crippen LogP contribution < -0.4 is 14.8 Å². The Morgan fingerprint density at radius 1 is 1.07 bits per heavy atom. The van der Waals surface area contributed by atoms with Crippen LogP contribution in [0.25, 0.3) is 0 Å². The molecule has 2 aromatic carbocycles. The minimum absolute atomic E-state index is 0.197. The minimum Gasteiger partial charge on any atom is -0.494 e. The molecule has 2 aromatic rings. The predicted octanol–water partition coefficient (Wildman–Crippen LogP) is 5.00. The number of benzene rings is 2. The van der Waals surface area contributed by atoms with E-state index in [0.717, 1.165) is 0 Å². The Balaban J connectivity index is 2.35. The molecule has 1 atom stereocenters. The van der Waals surface area contributed by atoms with E-state index in [4.69, 9.17) is 32.7 Å². The first kappa shape index (κ1) is 21.7. The third-order valence-electron chi connectivity index (χ3n) is 3.90. The van der Waals surface area contributed by atoms with Gasteiger partial charge in [-0.1, -0.05) is 29.3 Å². The van der Waals surface area contributed by atoms with Crippen molar-refractivity contribution in [3.63, 3.8) is 0 Å². The molecule has 28 heavy (non-hydrogen) atoms.